The van der Waals surface area contributed by atoms with Crippen LogP contribution in [0, 0.1) is 0 Å². The van der Waals surface area contributed by atoms with Crippen LogP contribution in [0.25, 0.3) is 0 Å². The highest BCUT2D eigenvalue weighted by molar-refractivity contribution is 7.89. The van der Waals surface area contributed by atoms with E-state index < -0.39 is 16.1 Å². The van der Waals surface area contributed by atoms with Gasteiger partial charge < -0.3 is 10.6 Å². The maximum absolute atomic E-state index is 12.2. The van der Waals surface area contributed by atoms with Crippen molar-refractivity contribution >= 4 is 21.6 Å². The van der Waals surface area contributed by atoms with Gasteiger partial charge in [-0.25, -0.2) is 8.42 Å². The average molecular weight is 311 g/mol. The molecule has 3 N–H and O–H groups in total. The molecule has 1 fully saturated rings. The lowest BCUT2D eigenvalue weighted by atomic mass is 10.1. The molecule has 1 heterocycles. The molecule has 1 aliphatic heterocycles. The van der Waals surface area contributed by atoms with E-state index in [1.807, 2.05) is 0 Å². The summed E-state index contributed by atoms with van der Waals surface area (Å²) in [5.74, 6) is -0.172. The summed E-state index contributed by atoms with van der Waals surface area (Å²) in [6, 6.07) is 5.12. The van der Waals surface area contributed by atoms with Crippen molar-refractivity contribution in [1.82, 2.24) is 9.62 Å². The number of hydrogen-bond acceptors (Lipinski definition) is 4. The number of carbonyl (C=O) groups excluding carboxylic acids is 1. The van der Waals surface area contributed by atoms with Crippen LogP contribution in [0.4, 0.5) is 5.69 Å². The van der Waals surface area contributed by atoms with Gasteiger partial charge in [-0.2, -0.15) is 4.72 Å². The van der Waals surface area contributed by atoms with E-state index in [1.165, 1.54) is 24.3 Å². The summed E-state index contributed by atoms with van der Waals surface area (Å²) >= 11 is 0. The third kappa shape index (κ3) is 3.95. The van der Waals surface area contributed by atoms with Crippen molar-refractivity contribution in [3.8, 4) is 0 Å². The molecule has 0 bridgehead atoms. The molecule has 0 aliphatic carbocycles. The van der Waals surface area contributed by atoms with Crippen LogP contribution in [0.2, 0.25) is 0 Å². The highest BCUT2D eigenvalue weighted by atomic mass is 32.2. The Morgan fingerprint density at radius 3 is 2.33 bits per heavy atom. The second-order valence-corrected chi connectivity index (χ2v) is 7.01. The van der Waals surface area contributed by atoms with Crippen molar-refractivity contribution in [2.24, 2.45) is 0 Å². The third-order valence-electron chi connectivity index (χ3n) is 3.56. The van der Waals surface area contributed by atoms with Crippen LogP contribution in [0.1, 0.15) is 26.2 Å². The molecule has 2 rings (SSSR count). The SMILES string of the molecule is CC(NS(=O)(=O)c1ccc(N)cc1)C(=O)N1CCCCC1. The first-order chi connectivity index (χ1) is 9.90. The Bertz CT molecular complexity index is 592. The Morgan fingerprint density at radius 2 is 1.76 bits per heavy atom. The van der Waals surface area contributed by atoms with Crippen molar-refractivity contribution in [3.05, 3.63) is 24.3 Å². The smallest absolute Gasteiger partial charge is 0.241 e. The summed E-state index contributed by atoms with van der Waals surface area (Å²) in [4.78, 5) is 14.1. The fourth-order valence-corrected chi connectivity index (χ4v) is 3.58. The molecular formula is C14H21N3O3S. The van der Waals surface area contributed by atoms with Gasteiger partial charge in [-0.05, 0) is 50.5 Å². The molecule has 1 saturated heterocycles. The first-order valence-electron chi connectivity index (χ1n) is 7.07. The standard InChI is InChI=1S/C14H21N3O3S/c1-11(14(18)17-9-3-2-4-10-17)16-21(19,20)13-7-5-12(15)6-8-13/h5-8,11,16H,2-4,9-10,15H2,1H3. The number of carbonyl (C=O) groups is 1. The Hall–Kier alpha value is -1.60. The number of hydrogen-bond donors (Lipinski definition) is 2. The molecule has 1 unspecified atom stereocenters. The molecule has 7 heteroatoms. The number of likely N-dealkylation sites (tertiary alicyclic amines) is 1. The summed E-state index contributed by atoms with van der Waals surface area (Å²) in [7, 11) is -3.71. The Balaban J connectivity index is 2.05. The minimum atomic E-state index is -3.71. The van der Waals surface area contributed by atoms with Gasteiger partial charge in [0.25, 0.3) is 0 Å². The monoisotopic (exact) mass is 311 g/mol. The molecule has 1 aromatic carbocycles. The van der Waals surface area contributed by atoms with E-state index in [2.05, 4.69) is 4.72 Å². The van der Waals surface area contributed by atoms with Crippen LogP contribution in [0.5, 0.6) is 0 Å². The molecule has 1 aromatic rings. The van der Waals surface area contributed by atoms with Crippen LogP contribution in [-0.2, 0) is 14.8 Å². The molecule has 0 saturated carbocycles. The van der Waals surface area contributed by atoms with Gasteiger partial charge in [0.1, 0.15) is 0 Å². The molecule has 1 atom stereocenters. The third-order valence-corrected chi connectivity index (χ3v) is 5.12. The Morgan fingerprint density at radius 1 is 1.19 bits per heavy atom. The normalized spacial score (nSPS) is 17.5. The minimum Gasteiger partial charge on any atom is -0.399 e. The van der Waals surface area contributed by atoms with Gasteiger partial charge >= 0.3 is 0 Å². The zero-order valence-electron chi connectivity index (χ0n) is 12.1. The number of amides is 1. The van der Waals surface area contributed by atoms with Crippen LogP contribution in [0.15, 0.2) is 29.2 Å². The van der Waals surface area contributed by atoms with E-state index in [4.69, 9.17) is 5.73 Å². The maximum atomic E-state index is 12.2. The number of piperidine rings is 1. The number of anilines is 1. The zero-order valence-corrected chi connectivity index (χ0v) is 12.9. The summed E-state index contributed by atoms with van der Waals surface area (Å²) in [5, 5.41) is 0. The molecule has 1 amide bonds. The number of nitrogens with two attached hydrogens (primary N) is 1. The number of rotatable bonds is 4. The number of sulfonamides is 1. The van der Waals surface area contributed by atoms with Gasteiger partial charge in [0, 0.05) is 18.8 Å². The van der Waals surface area contributed by atoms with Gasteiger partial charge in [0.15, 0.2) is 0 Å². The molecule has 0 radical (unpaired) electrons. The number of nitrogen functional groups attached to an aromatic ring is 1. The first kappa shape index (κ1) is 15.8. The topological polar surface area (TPSA) is 92.5 Å². The zero-order chi connectivity index (χ0) is 15.5. The summed E-state index contributed by atoms with van der Waals surface area (Å²) in [6.07, 6.45) is 3.07. The van der Waals surface area contributed by atoms with Gasteiger partial charge in [0.2, 0.25) is 15.9 Å². The van der Waals surface area contributed by atoms with E-state index in [1.54, 1.807) is 11.8 Å². The quantitative estimate of drug-likeness (QED) is 0.810. The lowest BCUT2D eigenvalue weighted by Gasteiger charge is -2.29. The Labute approximate surface area is 125 Å². The van der Waals surface area contributed by atoms with E-state index >= 15 is 0 Å². The molecular weight excluding hydrogens is 290 g/mol. The van der Waals surface area contributed by atoms with Crippen LogP contribution < -0.4 is 10.5 Å². The van der Waals surface area contributed by atoms with Crippen LogP contribution >= 0.6 is 0 Å². The minimum absolute atomic E-state index is 0.106. The first-order valence-corrected chi connectivity index (χ1v) is 8.55. The fourth-order valence-electron chi connectivity index (χ4n) is 2.39. The summed E-state index contributed by atoms with van der Waals surface area (Å²) in [6.45, 7) is 2.98. The van der Waals surface area contributed by atoms with Crippen molar-refractivity contribution in [3.63, 3.8) is 0 Å². The number of nitrogens with one attached hydrogen (secondary N) is 1. The van der Waals surface area contributed by atoms with Crippen molar-refractivity contribution in [2.75, 3.05) is 18.8 Å². The highest BCUT2D eigenvalue weighted by Gasteiger charge is 2.26. The van der Waals surface area contributed by atoms with Crippen LogP contribution in [-0.4, -0.2) is 38.4 Å². The second-order valence-electron chi connectivity index (χ2n) is 5.30. The molecule has 0 spiro atoms. The Kier molecular flexibility index (Phi) is 4.84. The number of nitrogens with zero attached hydrogens (tertiary/aromatic N) is 1. The largest absolute Gasteiger partial charge is 0.399 e. The highest BCUT2D eigenvalue weighted by Crippen LogP contribution is 2.14. The number of benzene rings is 1. The predicted molar refractivity (Wildman–Crippen MR) is 81.1 cm³/mol. The van der Waals surface area contributed by atoms with Gasteiger partial charge in [0.05, 0.1) is 10.9 Å². The van der Waals surface area contributed by atoms with E-state index in [9.17, 15) is 13.2 Å². The summed E-state index contributed by atoms with van der Waals surface area (Å²) in [5.41, 5.74) is 6.03. The maximum Gasteiger partial charge on any atom is 0.241 e. The van der Waals surface area contributed by atoms with Crippen molar-refractivity contribution < 1.29 is 13.2 Å². The van der Waals surface area contributed by atoms with E-state index in [-0.39, 0.29) is 10.8 Å². The molecule has 0 aromatic heterocycles. The average Bonchev–Trinajstić information content (AvgIpc) is 2.47. The van der Waals surface area contributed by atoms with E-state index in [0.717, 1.165) is 19.3 Å². The predicted octanol–water partition coefficient (Wildman–Crippen LogP) is 0.948. The van der Waals surface area contributed by atoms with E-state index in [0.29, 0.717) is 18.8 Å². The lowest BCUT2D eigenvalue weighted by molar-refractivity contribution is -0.133. The fraction of sp³-hybridized carbons (Fsp3) is 0.500. The van der Waals surface area contributed by atoms with Crippen molar-refractivity contribution in [2.45, 2.75) is 37.1 Å². The summed E-state index contributed by atoms with van der Waals surface area (Å²) < 4.78 is 26.9. The molecule has 6 nitrogen and oxygen atoms in total. The second kappa shape index (κ2) is 6.44. The van der Waals surface area contributed by atoms with Crippen molar-refractivity contribution in [1.29, 1.82) is 0 Å². The van der Waals surface area contributed by atoms with Gasteiger partial charge in [-0.1, -0.05) is 0 Å². The molecule has 1 aliphatic rings. The van der Waals surface area contributed by atoms with Gasteiger partial charge in [-0.15, -0.1) is 0 Å². The van der Waals surface area contributed by atoms with Gasteiger partial charge in [-0.3, -0.25) is 4.79 Å². The molecule has 21 heavy (non-hydrogen) atoms. The van der Waals surface area contributed by atoms with Crippen LogP contribution in [0.3, 0.4) is 0 Å². The lowest BCUT2D eigenvalue weighted by Crippen LogP contribution is -2.48. The molecule has 116 valence electrons.